The molecule has 3 aromatic rings. The minimum absolute atomic E-state index is 0.284. The van der Waals surface area contributed by atoms with E-state index in [-0.39, 0.29) is 6.61 Å². The number of rotatable bonds is 6. The number of carbonyl (C=O) groups is 1. The normalized spacial score (nSPS) is 10.5. The smallest absolute Gasteiger partial charge is 0.341 e. The van der Waals surface area contributed by atoms with Crippen molar-refractivity contribution in [3.8, 4) is 6.07 Å². The maximum Gasteiger partial charge on any atom is 0.341 e. The van der Waals surface area contributed by atoms with Gasteiger partial charge >= 0.3 is 5.97 Å². The van der Waals surface area contributed by atoms with Crippen LogP contribution < -0.4 is 5.32 Å². The van der Waals surface area contributed by atoms with Crippen LogP contribution in [-0.2, 0) is 17.7 Å². The summed E-state index contributed by atoms with van der Waals surface area (Å²) in [6.07, 6.45) is 2.30. The Labute approximate surface area is 165 Å². The number of nitrogens with one attached hydrogen (secondary N) is 1. The van der Waals surface area contributed by atoms with Crippen molar-refractivity contribution in [1.82, 2.24) is 4.98 Å². The van der Waals surface area contributed by atoms with E-state index in [0.29, 0.717) is 23.4 Å². The SMILES string of the molecule is CCOC(=O)c1cnc2c(CC)cc(C#N)cc2c1NCc1ccc(C)cc1. The molecule has 0 aliphatic rings. The number of aromatic nitrogens is 1. The lowest BCUT2D eigenvalue weighted by molar-refractivity contribution is 0.0527. The van der Waals surface area contributed by atoms with Crippen LogP contribution in [0.1, 0.15) is 46.5 Å². The number of anilines is 1. The Morgan fingerprint density at radius 2 is 1.96 bits per heavy atom. The van der Waals surface area contributed by atoms with Gasteiger partial charge in [0.2, 0.25) is 0 Å². The third-order valence-corrected chi connectivity index (χ3v) is 4.65. The molecule has 28 heavy (non-hydrogen) atoms. The monoisotopic (exact) mass is 373 g/mol. The summed E-state index contributed by atoms with van der Waals surface area (Å²) in [7, 11) is 0. The van der Waals surface area contributed by atoms with E-state index in [9.17, 15) is 10.1 Å². The molecule has 5 heteroatoms. The molecule has 142 valence electrons. The molecule has 1 aromatic heterocycles. The number of benzene rings is 2. The number of aryl methyl sites for hydroxylation is 2. The van der Waals surface area contributed by atoms with Gasteiger partial charge in [-0.15, -0.1) is 0 Å². The molecule has 2 aromatic carbocycles. The highest BCUT2D eigenvalue weighted by molar-refractivity contribution is 6.05. The van der Waals surface area contributed by atoms with Crippen molar-refractivity contribution in [3.05, 3.63) is 70.4 Å². The zero-order chi connectivity index (χ0) is 20.1. The first-order valence-corrected chi connectivity index (χ1v) is 9.39. The van der Waals surface area contributed by atoms with Gasteiger partial charge in [-0.2, -0.15) is 5.26 Å². The van der Waals surface area contributed by atoms with E-state index >= 15 is 0 Å². The van der Waals surface area contributed by atoms with Gasteiger partial charge < -0.3 is 10.1 Å². The van der Waals surface area contributed by atoms with Gasteiger partial charge in [-0.3, -0.25) is 4.98 Å². The number of hydrogen-bond acceptors (Lipinski definition) is 5. The van der Waals surface area contributed by atoms with Gasteiger partial charge in [-0.25, -0.2) is 4.79 Å². The number of fused-ring (bicyclic) bond motifs is 1. The molecule has 1 heterocycles. The first-order chi connectivity index (χ1) is 13.6. The topological polar surface area (TPSA) is 75.0 Å². The fourth-order valence-corrected chi connectivity index (χ4v) is 3.16. The molecule has 0 radical (unpaired) electrons. The second kappa shape index (κ2) is 8.53. The maximum absolute atomic E-state index is 12.5. The van der Waals surface area contributed by atoms with Crippen molar-refractivity contribution < 1.29 is 9.53 Å². The van der Waals surface area contributed by atoms with Crippen LogP contribution >= 0.6 is 0 Å². The molecule has 0 fully saturated rings. The second-order valence-electron chi connectivity index (χ2n) is 6.60. The molecule has 0 aliphatic heterocycles. The lowest BCUT2D eigenvalue weighted by Crippen LogP contribution is -2.11. The molecule has 1 N–H and O–H groups in total. The largest absolute Gasteiger partial charge is 0.462 e. The lowest BCUT2D eigenvalue weighted by Gasteiger charge is -2.16. The van der Waals surface area contributed by atoms with Crippen molar-refractivity contribution in [3.63, 3.8) is 0 Å². The van der Waals surface area contributed by atoms with Gasteiger partial charge in [0.15, 0.2) is 0 Å². The van der Waals surface area contributed by atoms with Gasteiger partial charge in [0.05, 0.1) is 29.4 Å². The minimum atomic E-state index is -0.427. The molecule has 0 bridgehead atoms. The number of hydrogen-bond donors (Lipinski definition) is 1. The quantitative estimate of drug-likeness (QED) is 0.630. The Bertz CT molecular complexity index is 1050. The molecular weight excluding hydrogens is 350 g/mol. The number of nitrogens with zero attached hydrogens (tertiary/aromatic N) is 2. The van der Waals surface area contributed by atoms with E-state index in [4.69, 9.17) is 4.74 Å². The summed E-state index contributed by atoms with van der Waals surface area (Å²) in [4.78, 5) is 17.0. The van der Waals surface area contributed by atoms with Crippen LogP contribution in [0.3, 0.4) is 0 Å². The first-order valence-electron chi connectivity index (χ1n) is 9.39. The fourth-order valence-electron chi connectivity index (χ4n) is 3.16. The van der Waals surface area contributed by atoms with E-state index in [2.05, 4.69) is 28.5 Å². The lowest BCUT2D eigenvalue weighted by atomic mass is 10.0. The van der Waals surface area contributed by atoms with Crippen LogP contribution in [0.2, 0.25) is 0 Å². The predicted octanol–water partition coefficient (Wildman–Crippen LogP) is 4.77. The summed E-state index contributed by atoms with van der Waals surface area (Å²) < 4.78 is 5.21. The van der Waals surface area contributed by atoms with E-state index < -0.39 is 5.97 Å². The zero-order valence-corrected chi connectivity index (χ0v) is 16.4. The van der Waals surface area contributed by atoms with Crippen molar-refractivity contribution in [2.75, 3.05) is 11.9 Å². The Hall–Kier alpha value is -3.39. The maximum atomic E-state index is 12.5. The molecule has 0 amide bonds. The summed E-state index contributed by atoms with van der Waals surface area (Å²) in [5, 5.41) is 13.6. The van der Waals surface area contributed by atoms with Gasteiger partial charge in [-0.1, -0.05) is 36.8 Å². The molecule has 0 aliphatic carbocycles. The summed E-state index contributed by atoms with van der Waals surface area (Å²) in [5.41, 5.74) is 5.62. The van der Waals surface area contributed by atoms with Crippen LogP contribution in [0.4, 0.5) is 5.69 Å². The molecule has 0 saturated carbocycles. The van der Waals surface area contributed by atoms with Crippen LogP contribution in [0.25, 0.3) is 10.9 Å². The molecular formula is C23H23N3O2. The Morgan fingerprint density at radius 1 is 1.21 bits per heavy atom. The fraction of sp³-hybridized carbons (Fsp3) is 0.261. The van der Waals surface area contributed by atoms with Crippen molar-refractivity contribution in [2.24, 2.45) is 0 Å². The Balaban J connectivity index is 2.13. The molecule has 0 saturated heterocycles. The van der Waals surface area contributed by atoms with Gasteiger partial charge in [0, 0.05) is 18.1 Å². The number of nitriles is 1. The first kappa shape index (κ1) is 19.4. The van der Waals surface area contributed by atoms with Crippen LogP contribution in [0.5, 0.6) is 0 Å². The van der Waals surface area contributed by atoms with E-state index in [1.165, 1.54) is 5.56 Å². The molecule has 0 atom stereocenters. The third kappa shape index (κ3) is 3.96. The highest BCUT2D eigenvalue weighted by atomic mass is 16.5. The second-order valence-corrected chi connectivity index (χ2v) is 6.60. The highest BCUT2D eigenvalue weighted by Crippen LogP contribution is 2.30. The predicted molar refractivity (Wildman–Crippen MR) is 110 cm³/mol. The van der Waals surface area contributed by atoms with Gasteiger partial charge in [0.1, 0.15) is 5.56 Å². The number of ether oxygens (including phenoxy) is 1. The zero-order valence-electron chi connectivity index (χ0n) is 16.4. The molecule has 0 spiro atoms. The molecule has 0 unspecified atom stereocenters. The average Bonchev–Trinajstić information content (AvgIpc) is 2.72. The van der Waals surface area contributed by atoms with Crippen molar-refractivity contribution >= 4 is 22.6 Å². The van der Waals surface area contributed by atoms with Crippen LogP contribution in [-0.4, -0.2) is 17.6 Å². The van der Waals surface area contributed by atoms with E-state index in [0.717, 1.165) is 28.5 Å². The van der Waals surface area contributed by atoms with Crippen molar-refractivity contribution in [1.29, 1.82) is 5.26 Å². The molecule has 3 rings (SSSR count). The number of pyridine rings is 1. The Kier molecular flexibility index (Phi) is 5.90. The number of carbonyl (C=O) groups excluding carboxylic acids is 1. The van der Waals surface area contributed by atoms with Crippen LogP contribution in [0, 0.1) is 18.3 Å². The van der Waals surface area contributed by atoms with E-state index in [1.54, 1.807) is 19.2 Å². The Morgan fingerprint density at radius 3 is 2.61 bits per heavy atom. The third-order valence-electron chi connectivity index (χ3n) is 4.65. The standard InChI is InChI=1S/C23H23N3O2/c1-4-18-10-17(12-24)11-19-21(18)26-14-20(23(27)28-5-2)22(19)25-13-16-8-6-15(3)7-9-16/h6-11,14H,4-5,13H2,1-3H3,(H,25,26). The molecule has 5 nitrogen and oxygen atoms in total. The van der Waals surface area contributed by atoms with E-state index in [1.807, 2.05) is 32.0 Å². The van der Waals surface area contributed by atoms with Crippen LogP contribution in [0.15, 0.2) is 42.6 Å². The van der Waals surface area contributed by atoms with Gasteiger partial charge in [-0.05, 0) is 43.5 Å². The van der Waals surface area contributed by atoms with Gasteiger partial charge in [0.25, 0.3) is 0 Å². The summed E-state index contributed by atoms with van der Waals surface area (Å²) in [6.45, 7) is 6.67. The summed E-state index contributed by atoms with van der Waals surface area (Å²) >= 11 is 0. The van der Waals surface area contributed by atoms with Crippen molar-refractivity contribution in [2.45, 2.75) is 33.7 Å². The number of esters is 1. The highest BCUT2D eigenvalue weighted by Gasteiger charge is 2.18. The minimum Gasteiger partial charge on any atom is -0.462 e. The summed E-state index contributed by atoms with van der Waals surface area (Å²) in [6, 6.07) is 14.0. The average molecular weight is 373 g/mol. The summed E-state index contributed by atoms with van der Waals surface area (Å²) in [5.74, 6) is -0.427.